The molecule has 6 aromatic carbocycles. The van der Waals surface area contributed by atoms with Crippen LogP contribution in [0.25, 0.3) is 43.9 Å². The van der Waals surface area contributed by atoms with Gasteiger partial charge in [0.1, 0.15) is 0 Å². The number of pyridine rings is 1. The minimum atomic E-state index is 0.108. The van der Waals surface area contributed by atoms with Gasteiger partial charge in [-0.15, -0.1) is 0 Å². The van der Waals surface area contributed by atoms with Gasteiger partial charge >= 0.3 is 0 Å². The van der Waals surface area contributed by atoms with E-state index in [-0.39, 0.29) is 5.41 Å². The summed E-state index contributed by atoms with van der Waals surface area (Å²) >= 11 is 0. The summed E-state index contributed by atoms with van der Waals surface area (Å²) in [5.41, 5.74) is 11.4. The van der Waals surface area contributed by atoms with Crippen LogP contribution < -0.4 is 4.90 Å². The fraction of sp³-hybridized carbons (Fsp3) is 0.0750. The Morgan fingerprint density at radius 2 is 1.21 bits per heavy atom. The Morgan fingerprint density at radius 3 is 2.02 bits per heavy atom. The number of benzene rings is 6. The van der Waals surface area contributed by atoms with Crippen molar-refractivity contribution >= 4 is 38.6 Å². The second-order valence-corrected chi connectivity index (χ2v) is 11.6. The van der Waals surface area contributed by atoms with Crippen LogP contribution in [-0.4, -0.2) is 4.98 Å². The summed E-state index contributed by atoms with van der Waals surface area (Å²) in [6.45, 7) is 0. The summed E-state index contributed by atoms with van der Waals surface area (Å²) in [5, 5.41) is 5.27. The fourth-order valence-corrected chi connectivity index (χ4v) is 7.15. The van der Waals surface area contributed by atoms with Gasteiger partial charge in [-0.25, -0.2) is 0 Å². The zero-order valence-electron chi connectivity index (χ0n) is 23.2. The second-order valence-electron chi connectivity index (χ2n) is 11.6. The minimum absolute atomic E-state index is 0.108. The number of hydrogen-bond acceptors (Lipinski definition) is 2. The van der Waals surface area contributed by atoms with E-state index in [1.807, 2.05) is 18.3 Å². The molecule has 2 nitrogen and oxygen atoms in total. The lowest BCUT2D eigenvalue weighted by Crippen LogP contribution is -2.17. The third-order valence-corrected chi connectivity index (χ3v) is 9.31. The molecule has 0 N–H and O–H groups in total. The topological polar surface area (TPSA) is 16.1 Å². The molecule has 0 atom stereocenters. The van der Waals surface area contributed by atoms with Gasteiger partial charge in [0.15, 0.2) is 0 Å². The van der Waals surface area contributed by atoms with Crippen molar-refractivity contribution in [3.05, 3.63) is 157 Å². The Kier molecular flexibility index (Phi) is 4.97. The van der Waals surface area contributed by atoms with Crippen molar-refractivity contribution in [2.75, 3.05) is 4.90 Å². The Labute approximate surface area is 245 Å². The van der Waals surface area contributed by atoms with Crippen molar-refractivity contribution in [2.24, 2.45) is 0 Å². The zero-order chi connectivity index (χ0) is 27.7. The molecule has 7 aromatic rings. The van der Waals surface area contributed by atoms with Gasteiger partial charge in [-0.3, -0.25) is 4.98 Å². The average molecular weight is 537 g/mol. The summed E-state index contributed by atoms with van der Waals surface area (Å²) in [5.74, 6) is 0. The van der Waals surface area contributed by atoms with Gasteiger partial charge in [-0.1, -0.05) is 91.0 Å². The fourth-order valence-electron chi connectivity index (χ4n) is 7.15. The highest BCUT2D eigenvalue weighted by atomic mass is 15.1. The van der Waals surface area contributed by atoms with Crippen LogP contribution in [0.3, 0.4) is 0 Å². The Balaban J connectivity index is 1.24. The Hall–Kier alpha value is -5.21. The minimum Gasteiger partial charge on any atom is -0.310 e. The van der Waals surface area contributed by atoms with Gasteiger partial charge < -0.3 is 4.90 Å². The summed E-state index contributed by atoms with van der Waals surface area (Å²) in [6, 6.07) is 51.0. The van der Waals surface area contributed by atoms with Gasteiger partial charge in [0, 0.05) is 34.2 Å². The summed E-state index contributed by atoms with van der Waals surface area (Å²) in [7, 11) is 0. The smallest absolute Gasteiger partial charge is 0.0701 e. The van der Waals surface area contributed by atoms with Crippen LogP contribution in [-0.2, 0) is 5.41 Å². The van der Waals surface area contributed by atoms with Crippen molar-refractivity contribution < 1.29 is 0 Å². The molecule has 1 aromatic heterocycles. The maximum atomic E-state index is 4.57. The summed E-state index contributed by atoms with van der Waals surface area (Å²) in [6.07, 6.45) is 4.25. The number of nitrogens with zero attached hydrogens (tertiary/aromatic N) is 2. The number of anilines is 3. The van der Waals surface area contributed by atoms with E-state index in [1.54, 1.807) is 0 Å². The normalized spacial score (nSPS) is 14.2. The first-order valence-electron chi connectivity index (χ1n) is 14.8. The van der Waals surface area contributed by atoms with E-state index in [2.05, 4.69) is 137 Å². The summed E-state index contributed by atoms with van der Waals surface area (Å²) in [4.78, 5) is 6.97. The molecule has 2 aliphatic carbocycles. The molecule has 0 aliphatic heterocycles. The van der Waals surface area contributed by atoms with Crippen LogP contribution in [0.1, 0.15) is 24.0 Å². The predicted octanol–water partition coefficient (Wildman–Crippen LogP) is 10.6. The molecule has 1 fully saturated rings. The highest BCUT2D eigenvalue weighted by Crippen LogP contribution is 2.62. The molecular weight excluding hydrogens is 508 g/mol. The van der Waals surface area contributed by atoms with Crippen molar-refractivity contribution in [2.45, 2.75) is 18.3 Å². The van der Waals surface area contributed by atoms with Crippen LogP contribution in [0.5, 0.6) is 0 Å². The average Bonchev–Trinajstić information content (AvgIpc) is 3.86. The second kappa shape index (κ2) is 8.89. The third-order valence-electron chi connectivity index (χ3n) is 9.31. The van der Waals surface area contributed by atoms with Crippen LogP contribution in [0.2, 0.25) is 0 Å². The first kappa shape index (κ1) is 23.5. The first-order valence-corrected chi connectivity index (χ1v) is 14.8. The maximum Gasteiger partial charge on any atom is 0.0701 e. The predicted molar refractivity (Wildman–Crippen MR) is 175 cm³/mol. The van der Waals surface area contributed by atoms with E-state index >= 15 is 0 Å². The van der Waals surface area contributed by atoms with Gasteiger partial charge in [0.2, 0.25) is 0 Å². The highest BCUT2D eigenvalue weighted by molar-refractivity contribution is 6.04. The molecule has 9 rings (SSSR count). The van der Waals surface area contributed by atoms with E-state index in [0.29, 0.717) is 0 Å². The monoisotopic (exact) mass is 536 g/mol. The number of aromatic nitrogens is 1. The quantitative estimate of drug-likeness (QED) is 0.222. The molecule has 0 bridgehead atoms. The van der Waals surface area contributed by atoms with Crippen LogP contribution in [0.15, 0.2) is 146 Å². The van der Waals surface area contributed by atoms with E-state index in [9.17, 15) is 0 Å². The first-order chi connectivity index (χ1) is 20.8. The van der Waals surface area contributed by atoms with Crippen molar-refractivity contribution in [3.8, 4) is 22.4 Å². The lowest BCUT2D eigenvalue weighted by Gasteiger charge is -2.32. The molecule has 0 amide bonds. The van der Waals surface area contributed by atoms with Crippen LogP contribution in [0, 0.1) is 0 Å². The lowest BCUT2D eigenvalue weighted by molar-refractivity contribution is 0.853. The number of rotatable bonds is 4. The SMILES string of the molecule is c1ccc(-c2ccc(N(c3ccc4c(c3)C3(CC3)c3cccc5cccc-4c35)c3ccc4ccccc4c3)cc2)nc1. The van der Waals surface area contributed by atoms with E-state index in [0.717, 1.165) is 22.6 Å². The maximum absolute atomic E-state index is 4.57. The van der Waals surface area contributed by atoms with Crippen LogP contribution >= 0.6 is 0 Å². The van der Waals surface area contributed by atoms with Gasteiger partial charge in [0.25, 0.3) is 0 Å². The van der Waals surface area contributed by atoms with E-state index in [1.165, 1.54) is 62.3 Å². The molecule has 0 radical (unpaired) electrons. The third kappa shape index (κ3) is 3.48. The lowest BCUT2D eigenvalue weighted by atomic mass is 9.74. The molecule has 198 valence electrons. The molecule has 0 unspecified atom stereocenters. The molecule has 1 spiro atoms. The van der Waals surface area contributed by atoms with Crippen molar-refractivity contribution in [1.82, 2.24) is 4.98 Å². The molecule has 0 saturated heterocycles. The van der Waals surface area contributed by atoms with Crippen molar-refractivity contribution in [1.29, 1.82) is 0 Å². The molecule has 42 heavy (non-hydrogen) atoms. The van der Waals surface area contributed by atoms with E-state index in [4.69, 9.17) is 0 Å². The largest absolute Gasteiger partial charge is 0.310 e. The van der Waals surface area contributed by atoms with Gasteiger partial charge in [0.05, 0.1) is 5.69 Å². The van der Waals surface area contributed by atoms with Gasteiger partial charge in [-0.2, -0.15) is 0 Å². The number of hydrogen-bond donors (Lipinski definition) is 0. The molecule has 2 aliphatic rings. The Bertz CT molecular complexity index is 2130. The summed E-state index contributed by atoms with van der Waals surface area (Å²) < 4.78 is 0. The van der Waals surface area contributed by atoms with E-state index < -0.39 is 0 Å². The van der Waals surface area contributed by atoms with Crippen LogP contribution in [0.4, 0.5) is 17.1 Å². The Morgan fingerprint density at radius 1 is 0.500 bits per heavy atom. The molecule has 1 saturated carbocycles. The standard InChI is InChI=1S/C40H28N2/c1-2-8-30-25-32(19-14-27(30)7-1)42(31-17-15-28(16-18-31)38-13-3-4-24-41-38)33-20-21-34-35-11-5-9-29-10-6-12-36(39(29)35)40(22-23-40)37(34)26-33/h1-21,24-26H,22-23H2. The highest BCUT2D eigenvalue weighted by Gasteiger charge is 2.50. The zero-order valence-corrected chi connectivity index (χ0v) is 23.2. The number of fused-ring (bicyclic) bond motifs is 5. The van der Waals surface area contributed by atoms with Crippen molar-refractivity contribution in [3.63, 3.8) is 0 Å². The molecule has 1 heterocycles. The molecule has 2 heteroatoms. The van der Waals surface area contributed by atoms with Gasteiger partial charge in [-0.05, 0) is 105 Å². The molecular formula is C40H28N2.